The molecule has 13 aromatic carbocycles. The van der Waals surface area contributed by atoms with Crippen LogP contribution in [0, 0.1) is 27.7 Å². The second-order valence-corrected chi connectivity index (χ2v) is 29.2. The van der Waals surface area contributed by atoms with Gasteiger partial charge in [0.1, 0.15) is 45.1 Å². The standard InChI is InChI=1S/C36H28N2O2.C18H15NO2.4C10H9NO.4Al/c39-35-15-7-13-33(25-35)37(29-9-3-1-4-10-29)31-21-17-27(18-22-31)28-19-23-32(24-20-28)38(30-11-5-2-6-12-30)34-14-8-16-36(40)26-34;20-17-10-6-15(7-11-17)19(14-4-2-1-3-5-14)16-8-12-18(21)13-9-16;4*1-7-5-6-8-3-2-4-9(12)10(8)11-7;;;;/h1-26,39-40H;1-13,20-21H;4*2-6,12H,1H3;;;;/q;;;;;;4*+2/p-8. The van der Waals surface area contributed by atoms with E-state index >= 15 is 0 Å². The first kappa shape index (κ1) is 74.5. The molecule has 542 valence electrons. The van der Waals surface area contributed by atoms with Crippen LogP contribution in [0.5, 0.6) is 46.0 Å². The Balaban J connectivity index is 0.000000181. The quantitative estimate of drug-likeness (QED) is 0.0476. The first-order valence-corrected chi connectivity index (χ1v) is 40.6. The van der Waals surface area contributed by atoms with E-state index in [4.69, 9.17) is 40.3 Å². The molecule has 0 saturated heterocycles. The van der Waals surface area contributed by atoms with Crippen molar-refractivity contribution in [1.82, 2.24) is 19.9 Å². The van der Waals surface area contributed by atoms with Crippen LogP contribution in [0.2, 0.25) is 0 Å². The predicted octanol–water partition coefficient (Wildman–Crippen LogP) is 22.8. The first-order valence-electron chi connectivity index (χ1n) is 36.8. The topological polar surface area (TPSA) is 135 Å². The normalized spacial score (nSPS) is 10.8. The number of rotatable bonds is 26. The monoisotopic (exact) mass is 1530 g/mol. The zero-order valence-corrected chi connectivity index (χ0v) is 66.9. The van der Waals surface area contributed by atoms with Gasteiger partial charge in [-0.15, -0.1) is 0 Å². The van der Waals surface area contributed by atoms with Gasteiger partial charge in [0.05, 0.1) is 23.0 Å². The number of anilines is 9. The van der Waals surface area contributed by atoms with Crippen molar-refractivity contribution in [2.75, 3.05) is 14.7 Å². The van der Waals surface area contributed by atoms with Gasteiger partial charge in [-0.1, -0.05) is 164 Å². The van der Waals surface area contributed by atoms with Crippen LogP contribution in [0.3, 0.4) is 0 Å². The lowest BCUT2D eigenvalue weighted by Crippen LogP contribution is -2.13. The molecule has 0 unspecified atom stereocenters. The van der Waals surface area contributed by atoms with Gasteiger partial charge in [0.2, 0.25) is 0 Å². The average Bonchev–Trinajstić information content (AvgIpc) is 0.860. The van der Waals surface area contributed by atoms with Crippen molar-refractivity contribution in [2.45, 2.75) is 27.7 Å². The van der Waals surface area contributed by atoms with Crippen molar-refractivity contribution in [1.29, 1.82) is 0 Å². The number of hydrogen-bond donors (Lipinski definition) is 0. The maximum absolute atomic E-state index is 6.25. The van der Waals surface area contributed by atoms with Gasteiger partial charge < -0.3 is 45.0 Å². The van der Waals surface area contributed by atoms with Crippen LogP contribution in [0.4, 0.5) is 51.2 Å². The fourth-order valence-electron chi connectivity index (χ4n) is 13.2. The Morgan fingerprint density at radius 3 is 0.726 bits per heavy atom. The summed E-state index contributed by atoms with van der Waals surface area (Å²) in [5.41, 5.74) is 18.5. The summed E-state index contributed by atoms with van der Waals surface area (Å²) in [6.07, 6.45) is 0. The molecular weight excluding hydrogens is 1460 g/mol. The van der Waals surface area contributed by atoms with Crippen LogP contribution >= 0.6 is 0 Å². The van der Waals surface area contributed by atoms with E-state index in [0.717, 1.165) is 175 Å². The van der Waals surface area contributed by atoms with Gasteiger partial charge in [-0.25, -0.2) is 19.9 Å². The van der Waals surface area contributed by atoms with E-state index in [9.17, 15) is 0 Å². The molecule has 0 aliphatic rings. The van der Waals surface area contributed by atoms with Crippen molar-refractivity contribution in [3.63, 3.8) is 0 Å². The Bertz CT molecular complexity index is 5760. The number of hydrogen-bond acceptors (Lipinski definition) is 15. The van der Waals surface area contributed by atoms with Crippen LogP contribution < -0.4 is 45.0 Å². The third-order valence-corrected chi connectivity index (χ3v) is 21.6. The Kier molecular flexibility index (Phi) is 23.5. The molecule has 17 rings (SSSR count). The lowest BCUT2D eigenvalue weighted by molar-refractivity contribution is 0.460. The molecule has 113 heavy (non-hydrogen) atoms. The van der Waals surface area contributed by atoms with Gasteiger partial charge in [-0.3, -0.25) is 0 Å². The number of benzene rings is 13. The highest BCUT2D eigenvalue weighted by atomic mass is 27.2. The van der Waals surface area contributed by atoms with E-state index in [2.05, 4.69) is 182 Å². The fourth-order valence-corrected chi connectivity index (χ4v) is 15.6. The molecule has 0 amide bonds. The molecule has 0 N–H and O–H groups in total. The minimum atomic E-state index is -0.834. The third-order valence-electron chi connectivity index (χ3n) is 18.7. The molecule has 0 fully saturated rings. The van der Waals surface area contributed by atoms with Gasteiger partial charge in [-0.05, 0) is 221 Å². The van der Waals surface area contributed by atoms with Gasteiger partial charge in [0.25, 0.3) is 0 Å². The minimum Gasteiger partial charge on any atom is -0.616 e. The summed E-state index contributed by atoms with van der Waals surface area (Å²) in [5.74, 6) is 5.85. The summed E-state index contributed by atoms with van der Waals surface area (Å²) >= 11 is -3.22. The van der Waals surface area contributed by atoms with E-state index in [1.54, 1.807) is 0 Å². The van der Waals surface area contributed by atoms with E-state index in [-0.39, 0.29) is 0 Å². The van der Waals surface area contributed by atoms with Gasteiger partial charge >= 0.3 is 63.5 Å². The zero-order valence-electron chi connectivity index (χ0n) is 62.3. The third kappa shape index (κ3) is 18.2. The number of nitrogens with zero attached hydrogens (tertiary/aromatic N) is 7. The Labute approximate surface area is 683 Å². The molecule has 4 radical (unpaired) electrons. The predicted molar refractivity (Wildman–Crippen MR) is 456 cm³/mol. The van der Waals surface area contributed by atoms with Crippen LogP contribution in [0.15, 0.2) is 358 Å². The molecule has 0 bridgehead atoms. The second-order valence-electron chi connectivity index (χ2n) is 26.5. The highest BCUT2D eigenvalue weighted by Crippen LogP contribution is 2.42. The molecule has 4 aromatic heterocycles. The molecule has 4 heterocycles. The molecule has 0 atom stereocenters. The first-order chi connectivity index (χ1) is 55.6. The van der Waals surface area contributed by atoms with Crippen molar-refractivity contribution in [3.8, 4) is 57.1 Å². The SMILES string of the molecule is Cc1ccc2cccc([O][Al][O]c3ccc(N(c4ccccc4)c4ccc([O][Al][O]c5cccc6ccc(C)nc56)cc4)cc3)c2n1.Cc1ccc2cccc([O][Al][O]c3cccc(N(c4ccccc4)c4ccc(-c5ccc(N(c6ccccc6)c6cccc([O][Al][O]c7cccc8ccc(C)nc78)c6)cc5)cc4)c3)c2n1. The number of aromatic nitrogens is 4. The van der Waals surface area contributed by atoms with Gasteiger partial charge in [0.15, 0.2) is 0 Å². The number of para-hydroxylation sites is 7. The molecule has 17 aromatic rings. The van der Waals surface area contributed by atoms with E-state index in [0.29, 0.717) is 0 Å². The van der Waals surface area contributed by atoms with Crippen molar-refractivity contribution in [3.05, 3.63) is 381 Å². The summed E-state index contributed by atoms with van der Waals surface area (Å²) in [7, 11) is 0. The highest BCUT2D eigenvalue weighted by Gasteiger charge is 2.21. The second kappa shape index (κ2) is 35.6. The minimum absolute atomic E-state index is 0.723. The summed E-state index contributed by atoms with van der Waals surface area (Å²) in [5, 5.41) is 4.16. The fraction of sp³-hybridized carbons (Fsp3) is 0.0426. The number of pyridine rings is 4. The van der Waals surface area contributed by atoms with Crippen molar-refractivity contribution >= 4 is 158 Å². The maximum Gasteiger partial charge on any atom is 0.881 e. The van der Waals surface area contributed by atoms with E-state index < -0.39 is 63.5 Å². The average molecular weight is 1530 g/mol. The number of fused-ring (bicyclic) bond motifs is 4. The van der Waals surface area contributed by atoms with Crippen molar-refractivity contribution < 1.29 is 30.3 Å². The maximum atomic E-state index is 6.25. The van der Waals surface area contributed by atoms with Crippen molar-refractivity contribution in [2.24, 2.45) is 0 Å². The number of aryl methyl sites for hydroxylation is 4. The van der Waals surface area contributed by atoms with Gasteiger partial charge in [-0.2, -0.15) is 0 Å². The largest absolute Gasteiger partial charge is 0.881 e. The smallest absolute Gasteiger partial charge is 0.616 e. The van der Waals surface area contributed by atoms with Crippen LogP contribution in [0.25, 0.3) is 54.7 Å². The summed E-state index contributed by atoms with van der Waals surface area (Å²) < 4.78 is 49.0. The van der Waals surface area contributed by atoms with Crippen LogP contribution in [-0.2, 0) is 0 Å². The van der Waals surface area contributed by atoms with E-state index in [1.807, 2.05) is 228 Å². The molecule has 19 heteroatoms. The molecule has 0 spiro atoms. The van der Waals surface area contributed by atoms with E-state index in [1.165, 1.54) is 0 Å². The van der Waals surface area contributed by atoms with Crippen LogP contribution in [-0.4, -0.2) is 83.5 Å². The highest BCUT2D eigenvalue weighted by molar-refractivity contribution is 6.22. The molecule has 15 nitrogen and oxygen atoms in total. The summed E-state index contributed by atoms with van der Waals surface area (Å²) in [6.45, 7) is 7.92. The van der Waals surface area contributed by atoms with Crippen LogP contribution in [0.1, 0.15) is 22.8 Å². The molecule has 0 saturated carbocycles. The molecule has 0 aliphatic carbocycles. The summed E-state index contributed by atoms with van der Waals surface area (Å²) in [6, 6.07) is 121. The Hall–Kier alpha value is -12.6. The lowest BCUT2D eigenvalue weighted by atomic mass is 10.0. The van der Waals surface area contributed by atoms with Gasteiger partial charge in [0, 0.05) is 108 Å². The lowest BCUT2D eigenvalue weighted by Gasteiger charge is -2.26. The summed E-state index contributed by atoms with van der Waals surface area (Å²) in [4.78, 5) is 25.4. The zero-order chi connectivity index (χ0) is 76.7. The molecular formula is C94H71Al4N7O8. The Morgan fingerprint density at radius 2 is 0.434 bits per heavy atom. The molecule has 0 aliphatic heterocycles. The Morgan fingerprint density at radius 1 is 0.195 bits per heavy atom.